The molecule has 0 fully saturated rings. The number of nitrogen functional groups attached to an aromatic ring is 1. The molecule has 14 heavy (non-hydrogen) atoms. The molecule has 72 valence electrons. The number of hydrogen-bond acceptors (Lipinski definition) is 3. The minimum absolute atomic E-state index is 0.511. The highest BCUT2D eigenvalue weighted by Gasteiger charge is 2.01. The van der Waals surface area contributed by atoms with Gasteiger partial charge in [0, 0.05) is 5.69 Å². The van der Waals surface area contributed by atoms with Crippen LogP contribution in [0, 0.1) is 0 Å². The summed E-state index contributed by atoms with van der Waals surface area (Å²) in [5.41, 5.74) is 8.29. The van der Waals surface area contributed by atoms with Crippen LogP contribution in [0.3, 0.4) is 0 Å². The number of aromatic nitrogens is 2. The lowest BCUT2D eigenvalue weighted by molar-refractivity contribution is 0.384. The largest absolute Gasteiger partial charge is 0.468 e. The minimum Gasteiger partial charge on any atom is -0.468 e. The van der Waals surface area contributed by atoms with Gasteiger partial charge in [0.15, 0.2) is 0 Å². The maximum absolute atomic E-state index is 5.59. The van der Waals surface area contributed by atoms with Crippen molar-refractivity contribution in [1.82, 2.24) is 9.97 Å². The molecule has 4 nitrogen and oxygen atoms in total. The van der Waals surface area contributed by atoms with E-state index in [2.05, 4.69) is 9.97 Å². The summed E-state index contributed by atoms with van der Waals surface area (Å²) in [6, 6.07) is 8.08. The number of benzene rings is 1. The average molecular weight is 189 g/mol. The molecule has 0 aliphatic heterocycles. The Hall–Kier alpha value is -1.97. The first-order chi connectivity index (χ1) is 6.79. The van der Waals surface area contributed by atoms with Crippen LogP contribution >= 0.6 is 0 Å². The van der Waals surface area contributed by atoms with Crippen molar-refractivity contribution in [2.24, 2.45) is 0 Å². The fourth-order valence-corrected chi connectivity index (χ4v) is 1.22. The Balaban J connectivity index is 2.34. The monoisotopic (exact) mass is 189 g/mol. The van der Waals surface area contributed by atoms with E-state index in [4.69, 9.17) is 10.5 Å². The summed E-state index contributed by atoms with van der Waals surface area (Å²) >= 11 is 0. The Morgan fingerprint density at radius 3 is 2.57 bits per heavy atom. The molecule has 0 spiro atoms. The summed E-state index contributed by atoms with van der Waals surface area (Å²) in [7, 11) is 1.57. The normalized spacial score (nSPS) is 10.1. The van der Waals surface area contributed by atoms with E-state index in [-0.39, 0.29) is 0 Å². The summed E-state index contributed by atoms with van der Waals surface area (Å²) in [5.74, 6) is 0. The molecule has 0 bridgehead atoms. The second-order valence-electron chi connectivity index (χ2n) is 2.93. The van der Waals surface area contributed by atoms with Crippen molar-refractivity contribution in [2.45, 2.75) is 0 Å². The maximum Gasteiger partial charge on any atom is 0.293 e. The number of ether oxygens (including phenoxy) is 1. The van der Waals surface area contributed by atoms with E-state index in [1.165, 1.54) is 0 Å². The Bertz CT molecular complexity index is 419. The lowest BCUT2D eigenvalue weighted by atomic mass is 10.1. The van der Waals surface area contributed by atoms with E-state index in [1.54, 1.807) is 13.3 Å². The second-order valence-corrected chi connectivity index (χ2v) is 2.93. The van der Waals surface area contributed by atoms with Gasteiger partial charge in [0.1, 0.15) is 0 Å². The highest BCUT2D eigenvalue weighted by Crippen LogP contribution is 2.20. The van der Waals surface area contributed by atoms with Crippen molar-refractivity contribution in [3.63, 3.8) is 0 Å². The fraction of sp³-hybridized carbons (Fsp3) is 0.100. The van der Waals surface area contributed by atoms with Gasteiger partial charge in [-0.25, -0.2) is 4.98 Å². The number of aromatic amines is 1. The SMILES string of the molecule is COc1ncc(-c2ccc(N)cc2)[nH]1. The summed E-state index contributed by atoms with van der Waals surface area (Å²) in [6.45, 7) is 0. The predicted molar refractivity (Wildman–Crippen MR) is 55.0 cm³/mol. The number of nitrogens with two attached hydrogens (primary N) is 1. The lowest BCUT2D eigenvalue weighted by Crippen LogP contribution is -1.85. The van der Waals surface area contributed by atoms with E-state index in [1.807, 2.05) is 24.3 Å². The highest BCUT2D eigenvalue weighted by atomic mass is 16.5. The molecule has 2 aromatic rings. The van der Waals surface area contributed by atoms with Gasteiger partial charge in [0.05, 0.1) is 19.0 Å². The molecule has 0 saturated heterocycles. The first-order valence-electron chi connectivity index (χ1n) is 4.24. The van der Waals surface area contributed by atoms with Gasteiger partial charge in [-0.2, -0.15) is 0 Å². The number of rotatable bonds is 2. The van der Waals surface area contributed by atoms with Crippen LogP contribution in [0.25, 0.3) is 11.3 Å². The smallest absolute Gasteiger partial charge is 0.293 e. The molecule has 4 heteroatoms. The lowest BCUT2D eigenvalue weighted by Gasteiger charge is -1.97. The Labute approximate surface area is 81.7 Å². The van der Waals surface area contributed by atoms with Crippen molar-refractivity contribution in [2.75, 3.05) is 12.8 Å². The number of anilines is 1. The van der Waals surface area contributed by atoms with Crippen LogP contribution in [0.5, 0.6) is 6.01 Å². The number of hydrogen-bond donors (Lipinski definition) is 2. The molecule has 1 heterocycles. The van der Waals surface area contributed by atoms with Crippen LogP contribution in [0.4, 0.5) is 5.69 Å². The third-order valence-electron chi connectivity index (χ3n) is 1.97. The van der Waals surface area contributed by atoms with Crippen LogP contribution in [0.2, 0.25) is 0 Å². The van der Waals surface area contributed by atoms with E-state index in [0.29, 0.717) is 6.01 Å². The number of nitrogens with one attached hydrogen (secondary N) is 1. The first kappa shape index (κ1) is 8.62. The van der Waals surface area contributed by atoms with Gasteiger partial charge >= 0.3 is 0 Å². The van der Waals surface area contributed by atoms with Gasteiger partial charge in [0.25, 0.3) is 6.01 Å². The molecule has 0 aliphatic rings. The van der Waals surface area contributed by atoms with Crippen molar-refractivity contribution >= 4 is 5.69 Å². The maximum atomic E-state index is 5.59. The number of nitrogens with zero attached hydrogens (tertiary/aromatic N) is 1. The van der Waals surface area contributed by atoms with Crippen molar-refractivity contribution in [3.8, 4) is 17.3 Å². The quantitative estimate of drug-likeness (QED) is 0.706. The Morgan fingerprint density at radius 1 is 1.29 bits per heavy atom. The molecule has 3 N–H and O–H groups in total. The van der Waals surface area contributed by atoms with Gasteiger partial charge in [0.2, 0.25) is 0 Å². The molecule has 0 saturated carbocycles. The average Bonchev–Trinajstić information content (AvgIpc) is 2.67. The third kappa shape index (κ3) is 1.54. The zero-order chi connectivity index (χ0) is 9.97. The molecular weight excluding hydrogens is 178 g/mol. The van der Waals surface area contributed by atoms with Gasteiger partial charge in [-0.15, -0.1) is 0 Å². The topological polar surface area (TPSA) is 63.9 Å². The highest BCUT2D eigenvalue weighted by molar-refractivity contribution is 5.61. The van der Waals surface area contributed by atoms with Gasteiger partial charge < -0.3 is 15.5 Å². The number of methoxy groups -OCH3 is 1. The van der Waals surface area contributed by atoms with Crippen LogP contribution in [-0.2, 0) is 0 Å². The first-order valence-corrected chi connectivity index (χ1v) is 4.24. The van der Waals surface area contributed by atoms with Crippen molar-refractivity contribution in [1.29, 1.82) is 0 Å². The van der Waals surface area contributed by atoms with Gasteiger partial charge in [-0.3, -0.25) is 0 Å². The molecule has 1 aromatic heterocycles. The van der Waals surface area contributed by atoms with Crippen molar-refractivity contribution < 1.29 is 4.74 Å². The molecular formula is C10H11N3O. The third-order valence-corrected chi connectivity index (χ3v) is 1.97. The molecule has 0 unspecified atom stereocenters. The van der Waals surface area contributed by atoms with Crippen LogP contribution < -0.4 is 10.5 Å². The van der Waals surface area contributed by atoms with Crippen LogP contribution in [0.1, 0.15) is 0 Å². The molecule has 0 atom stereocenters. The Morgan fingerprint density at radius 2 is 2.00 bits per heavy atom. The van der Waals surface area contributed by atoms with Crippen LogP contribution in [-0.4, -0.2) is 17.1 Å². The second kappa shape index (κ2) is 3.41. The fourth-order valence-electron chi connectivity index (χ4n) is 1.22. The zero-order valence-corrected chi connectivity index (χ0v) is 7.82. The van der Waals surface area contributed by atoms with Crippen LogP contribution in [0.15, 0.2) is 30.5 Å². The van der Waals surface area contributed by atoms with Crippen molar-refractivity contribution in [3.05, 3.63) is 30.5 Å². The van der Waals surface area contributed by atoms with E-state index in [0.717, 1.165) is 16.9 Å². The number of H-pyrrole nitrogens is 1. The number of imidazole rings is 1. The van der Waals surface area contributed by atoms with Gasteiger partial charge in [-0.05, 0) is 17.7 Å². The van der Waals surface area contributed by atoms with E-state index < -0.39 is 0 Å². The molecule has 2 rings (SSSR count). The summed E-state index contributed by atoms with van der Waals surface area (Å²) in [5, 5.41) is 0. The summed E-state index contributed by atoms with van der Waals surface area (Å²) in [6.07, 6.45) is 1.73. The van der Waals surface area contributed by atoms with E-state index >= 15 is 0 Å². The van der Waals surface area contributed by atoms with Gasteiger partial charge in [-0.1, -0.05) is 12.1 Å². The molecule has 0 amide bonds. The summed E-state index contributed by atoms with van der Waals surface area (Å²) in [4.78, 5) is 7.05. The predicted octanol–water partition coefficient (Wildman–Crippen LogP) is 1.67. The molecule has 1 aromatic carbocycles. The Kier molecular flexibility index (Phi) is 2.10. The van der Waals surface area contributed by atoms with E-state index in [9.17, 15) is 0 Å². The standard InChI is InChI=1S/C10H11N3O/c1-14-10-12-6-9(13-10)7-2-4-8(11)5-3-7/h2-6H,11H2,1H3,(H,12,13). The zero-order valence-electron chi connectivity index (χ0n) is 7.82. The molecule has 0 aliphatic carbocycles. The summed E-state index contributed by atoms with van der Waals surface area (Å²) < 4.78 is 4.95. The minimum atomic E-state index is 0.511. The molecule has 0 radical (unpaired) electrons.